The molecule has 3 nitrogen and oxygen atoms in total. The van der Waals surface area contributed by atoms with Crippen LogP contribution in [-0.4, -0.2) is 18.8 Å². The van der Waals surface area contributed by atoms with E-state index >= 15 is 0 Å². The van der Waals surface area contributed by atoms with Crippen molar-refractivity contribution in [3.8, 4) is 0 Å². The first-order chi connectivity index (χ1) is 6.31. The highest BCUT2D eigenvalue weighted by Crippen LogP contribution is 2.32. The van der Waals surface area contributed by atoms with Crippen molar-refractivity contribution in [2.75, 3.05) is 7.11 Å². The van der Waals surface area contributed by atoms with Gasteiger partial charge in [-0.1, -0.05) is 0 Å². The average molecular weight is 179 g/mol. The Labute approximate surface area is 77.5 Å². The van der Waals surface area contributed by atoms with Crippen LogP contribution in [-0.2, 0) is 9.53 Å². The third kappa shape index (κ3) is 1.50. The number of nitrogens with zero attached hydrogens (tertiary/aromatic N) is 1. The van der Waals surface area contributed by atoms with Gasteiger partial charge in [0.05, 0.1) is 7.11 Å². The van der Waals surface area contributed by atoms with Crippen LogP contribution >= 0.6 is 0 Å². The van der Waals surface area contributed by atoms with Gasteiger partial charge >= 0.3 is 5.97 Å². The van der Waals surface area contributed by atoms with E-state index in [1.807, 2.05) is 0 Å². The predicted molar refractivity (Wildman–Crippen MR) is 49.6 cm³/mol. The molecule has 0 unspecified atom stereocenters. The van der Waals surface area contributed by atoms with E-state index in [2.05, 4.69) is 9.73 Å². The van der Waals surface area contributed by atoms with Crippen molar-refractivity contribution in [3.63, 3.8) is 0 Å². The van der Waals surface area contributed by atoms with Gasteiger partial charge in [0.2, 0.25) is 0 Å². The molecular weight excluding hydrogens is 166 g/mol. The molecular formula is C10H13NO2. The molecule has 2 aliphatic rings. The number of hydrogen-bond donors (Lipinski definition) is 0. The Kier molecular flexibility index (Phi) is 2.17. The molecule has 0 bridgehead atoms. The lowest BCUT2D eigenvalue weighted by Gasteiger charge is -2.10. The molecule has 13 heavy (non-hydrogen) atoms. The van der Waals surface area contributed by atoms with Crippen molar-refractivity contribution in [1.29, 1.82) is 0 Å². The Morgan fingerprint density at radius 2 is 2.15 bits per heavy atom. The summed E-state index contributed by atoms with van der Waals surface area (Å²) in [5, 5.41) is 0. The molecule has 70 valence electrons. The van der Waals surface area contributed by atoms with Gasteiger partial charge in [-0.05, 0) is 31.3 Å². The van der Waals surface area contributed by atoms with Crippen LogP contribution in [0, 0.1) is 0 Å². The maximum atomic E-state index is 11.2. The van der Waals surface area contributed by atoms with Gasteiger partial charge in [0.1, 0.15) is 5.71 Å². The Balaban J connectivity index is 2.12. The molecule has 0 atom stereocenters. The first kappa shape index (κ1) is 8.48. The van der Waals surface area contributed by atoms with Crippen LogP contribution in [0.3, 0.4) is 0 Å². The Bertz CT molecular complexity index is 302. The third-order valence-corrected chi connectivity index (χ3v) is 2.62. The minimum atomic E-state index is -0.269. The molecule has 0 saturated carbocycles. The van der Waals surface area contributed by atoms with Gasteiger partial charge in [-0.2, -0.15) is 0 Å². The number of hydrogen-bond acceptors (Lipinski definition) is 3. The van der Waals surface area contributed by atoms with Gasteiger partial charge in [-0.3, -0.25) is 0 Å². The summed E-state index contributed by atoms with van der Waals surface area (Å²) in [6, 6.07) is 0. The van der Waals surface area contributed by atoms with E-state index in [9.17, 15) is 4.79 Å². The topological polar surface area (TPSA) is 38.7 Å². The van der Waals surface area contributed by atoms with Crippen LogP contribution in [0.5, 0.6) is 0 Å². The molecule has 0 fully saturated rings. The lowest BCUT2D eigenvalue weighted by atomic mass is 9.95. The van der Waals surface area contributed by atoms with Crippen LogP contribution in [0.25, 0.3) is 0 Å². The molecule has 0 N–H and O–H groups in total. The van der Waals surface area contributed by atoms with Crippen LogP contribution in [0.4, 0.5) is 0 Å². The third-order valence-electron chi connectivity index (χ3n) is 2.62. The predicted octanol–water partition coefficient (Wildman–Crippen LogP) is 1.83. The lowest BCUT2D eigenvalue weighted by molar-refractivity contribution is -0.132. The number of allylic oxidation sites excluding steroid dienone is 2. The zero-order valence-corrected chi connectivity index (χ0v) is 7.80. The highest BCUT2D eigenvalue weighted by Gasteiger charge is 2.24. The Morgan fingerprint density at radius 1 is 1.38 bits per heavy atom. The molecule has 0 aromatic rings. The first-order valence-corrected chi connectivity index (χ1v) is 4.68. The fraction of sp³-hybridized carbons (Fsp3) is 0.600. The minimum absolute atomic E-state index is 0.269. The molecule has 1 heterocycles. The van der Waals surface area contributed by atoms with Crippen molar-refractivity contribution in [2.45, 2.75) is 32.1 Å². The highest BCUT2D eigenvalue weighted by molar-refractivity contribution is 6.37. The van der Waals surface area contributed by atoms with Gasteiger partial charge in [-0.15, -0.1) is 0 Å². The second-order valence-electron chi connectivity index (χ2n) is 3.48. The molecule has 0 spiro atoms. The smallest absolute Gasteiger partial charge is 0.352 e. The zero-order valence-electron chi connectivity index (χ0n) is 7.80. The average Bonchev–Trinajstić information content (AvgIpc) is 2.59. The SMILES string of the molecule is COC(=O)C1=NC2=C(CCCC2)C1. The van der Waals surface area contributed by atoms with Gasteiger partial charge < -0.3 is 4.74 Å². The fourth-order valence-electron chi connectivity index (χ4n) is 1.92. The Morgan fingerprint density at radius 3 is 2.85 bits per heavy atom. The fourth-order valence-corrected chi connectivity index (χ4v) is 1.92. The van der Waals surface area contributed by atoms with E-state index in [0.717, 1.165) is 25.0 Å². The first-order valence-electron chi connectivity index (χ1n) is 4.68. The molecule has 1 aliphatic carbocycles. The molecule has 0 aromatic carbocycles. The number of esters is 1. The number of carbonyl (C=O) groups is 1. The molecule has 1 aliphatic heterocycles. The van der Waals surface area contributed by atoms with Crippen LogP contribution in [0.2, 0.25) is 0 Å². The van der Waals surface area contributed by atoms with Crippen molar-refractivity contribution in [3.05, 3.63) is 11.3 Å². The number of carbonyl (C=O) groups excluding carboxylic acids is 1. The number of rotatable bonds is 1. The molecule has 0 aromatic heterocycles. The number of ether oxygens (including phenoxy) is 1. The normalized spacial score (nSPS) is 21.2. The number of methoxy groups -OCH3 is 1. The maximum absolute atomic E-state index is 11.2. The summed E-state index contributed by atoms with van der Waals surface area (Å²) in [6.45, 7) is 0. The molecule has 0 saturated heterocycles. The van der Waals surface area contributed by atoms with Crippen LogP contribution in [0.15, 0.2) is 16.3 Å². The van der Waals surface area contributed by atoms with Gasteiger partial charge in [0, 0.05) is 12.1 Å². The van der Waals surface area contributed by atoms with Crippen LogP contribution in [0.1, 0.15) is 32.1 Å². The summed E-state index contributed by atoms with van der Waals surface area (Å²) in [6.07, 6.45) is 5.32. The quantitative estimate of drug-likeness (QED) is 0.576. The molecule has 0 radical (unpaired) electrons. The van der Waals surface area contributed by atoms with Gasteiger partial charge in [0.15, 0.2) is 0 Å². The Hall–Kier alpha value is -1.12. The summed E-state index contributed by atoms with van der Waals surface area (Å²) in [5.74, 6) is -0.269. The van der Waals surface area contributed by atoms with Crippen molar-refractivity contribution in [2.24, 2.45) is 4.99 Å². The molecule has 0 amide bonds. The van der Waals surface area contributed by atoms with E-state index in [4.69, 9.17) is 0 Å². The number of aliphatic imine (C=N–C) groups is 1. The minimum Gasteiger partial charge on any atom is -0.465 e. The van der Waals surface area contributed by atoms with E-state index in [-0.39, 0.29) is 5.97 Å². The molecule has 3 heteroatoms. The molecule has 2 rings (SSSR count). The second-order valence-corrected chi connectivity index (χ2v) is 3.48. The van der Waals surface area contributed by atoms with E-state index in [1.54, 1.807) is 0 Å². The van der Waals surface area contributed by atoms with Crippen molar-refractivity contribution in [1.82, 2.24) is 0 Å². The van der Waals surface area contributed by atoms with Crippen molar-refractivity contribution >= 4 is 11.7 Å². The van der Waals surface area contributed by atoms with Crippen molar-refractivity contribution < 1.29 is 9.53 Å². The largest absolute Gasteiger partial charge is 0.465 e. The van der Waals surface area contributed by atoms with E-state index in [1.165, 1.54) is 25.5 Å². The zero-order chi connectivity index (χ0) is 9.26. The highest BCUT2D eigenvalue weighted by atomic mass is 16.5. The summed E-state index contributed by atoms with van der Waals surface area (Å²) < 4.78 is 4.64. The summed E-state index contributed by atoms with van der Waals surface area (Å²) >= 11 is 0. The second kappa shape index (κ2) is 3.32. The monoisotopic (exact) mass is 179 g/mol. The standard InChI is InChI=1S/C10H13NO2/c1-13-10(12)9-6-7-4-2-3-5-8(7)11-9/h2-6H2,1H3. The lowest BCUT2D eigenvalue weighted by Crippen LogP contribution is -2.13. The maximum Gasteiger partial charge on any atom is 0.352 e. The van der Waals surface area contributed by atoms with Gasteiger partial charge in [0.25, 0.3) is 0 Å². The van der Waals surface area contributed by atoms with Crippen LogP contribution < -0.4 is 0 Å². The van der Waals surface area contributed by atoms with E-state index < -0.39 is 0 Å². The summed E-state index contributed by atoms with van der Waals surface area (Å²) in [5.41, 5.74) is 3.09. The van der Waals surface area contributed by atoms with E-state index in [0.29, 0.717) is 5.71 Å². The van der Waals surface area contributed by atoms with Gasteiger partial charge in [-0.25, -0.2) is 9.79 Å². The summed E-state index contributed by atoms with van der Waals surface area (Å²) in [4.78, 5) is 15.5. The summed E-state index contributed by atoms with van der Waals surface area (Å²) in [7, 11) is 1.40.